The molecule has 0 radical (unpaired) electrons. The second-order valence-corrected chi connectivity index (χ2v) is 5.40. The van der Waals surface area contributed by atoms with E-state index in [0.29, 0.717) is 18.5 Å². The predicted molar refractivity (Wildman–Crippen MR) is 68.9 cm³/mol. The lowest BCUT2D eigenvalue weighted by atomic mass is 9.94. The van der Waals surface area contributed by atoms with Gasteiger partial charge in [0.25, 0.3) is 0 Å². The zero-order valence-corrected chi connectivity index (χ0v) is 10.7. The minimum atomic E-state index is 0.205. The molecule has 18 heavy (non-hydrogen) atoms. The van der Waals surface area contributed by atoms with Crippen LogP contribution in [0.2, 0.25) is 0 Å². The van der Waals surface area contributed by atoms with E-state index in [1.165, 1.54) is 0 Å². The van der Waals surface area contributed by atoms with Crippen molar-refractivity contribution >= 4 is 5.91 Å². The number of pyridine rings is 1. The van der Waals surface area contributed by atoms with Gasteiger partial charge in [0, 0.05) is 31.5 Å². The fourth-order valence-corrected chi connectivity index (χ4v) is 3.07. The molecule has 1 N–H and O–H groups in total. The van der Waals surface area contributed by atoms with Crippen molar-refractivity contribution in [3.63, 3.8) is 0 Å². The molecule has 2 saturated heterocycles. The molecular formula is C14H19N3O. The molecule has 1 amide bonds. The summed E-state index contributed by atoms with van der Waals surface area (Å²) in [6.45, 7) is 4.62. The van der Waals surface area contributed by atoms with Gasteiger partial charge in [0.05, 0.1) is 5.92 Å². The second kappa shape index (κ2) is 4.69. The van der Waals surface area contributed by atoms with Crippen molar-refractivity contribution in [2.45, 2.75) is 32.4 Å². The molecule has 0 aliphatic carbocycles. The summed E-state index contributed by atoms with van der Waals surface area (Å²) >= 11 is 0. The number of rotatable bonds is 2. The highest BCUT2D eigenvalue weighted by Gasteiger charge is 2.41. The third-order valence-corrected chi connectivity index (χ3v) is 3.94. The molecule has 0 spiro atoms. The molecule has 3 rings (SSSR count). The molecule has 96 valence electrons. The average Bonchev–Trinajstić information content (AvgIpc) is 2.67. The maximum atomic E-state index is 12.3. The molecule has 1 aromatic heterocycles. The maximum Gasteiger partial charge on any atom is 0.227 e. The van der Waals surface area contributed by atoms with E-state index in [1.54, 1.807) is 0 Å². The van der Waals surface area contributed by atoms with Gasteiger partial charge in [-0.3, -0.25) is 9.78 Å². The number of hydrogen-bond donors (Lipinski definition) is 1. The van der Waals surface area contributed by atoms with E-state index in [4.69, 9.17) is 0 Å². The molecular weight excluding hydrogens is 226 g/mol. The largest absolute Gasteiger partial charge is 0.336 e. The maximum absolute atomic E-state index is 12.3. The lowest BCUT2D eigenvalue weighted by Gasteiger charge is -2.23. The number of likely N-dealkylation sites (tertiary alicyclic amines) is 1. The van der Waals surface area contributed by atoms with Crippen molar-refractivity contribution in [2.75, 3.05) is 13.1 Å². The zero-order valence-electron chi connectivity index (χ0n) is 10.7. The fraction of sp³-hybridized carbons (Fsp3) is 0.571. The molecule has 0 saturated carbocycles. The molecule has 2 aliphatic heterocycles. The van der Waals surface area contributed by atoms with Crippen LogP contribution in [0.1, 0.15) is 24.0 Å². The quantitative estimate of drug-likeness (QED) is 0.848. The molecule has 0 aromatic carbocycles. The van der Waals surface area contributed by atoms with Crippen molar-refractivity contribution in [1.29, 1.82) is 0 Å². The summed E-state index contributed by atoms with van der Waals surface area (Å²) in [7, 11) is 0. The topological polar surface area (TPSA) is 45.2 Å². The zero-order chi connectivity index (χ0) is 12.5. The van der Waals surface area contributed by atoms with E-state index in [2.05, 4.69) is 16.4 Å². The molecule has 1 aromatic rings. The van der Waals surface area contributed by atoms with Crippen LogP contribution in [-0.2, 0) is 11.3 Å². The number of nitrogens with one attached hydrogen (secondary N) is 1. The SMILES string of the molecule is Cc1cncc(CN2CC3NCCCC3C2=O)c1. The standard InChI is InChI=1S/C14H19N3O/c1-10-5-11(7-15-6-10)8-17-9-13-12(14(17)18)3-2-4-16-13/h5-7,12-13,16H,2-4,8-9H2,1H3. The monoisotopic (exact) mass is 245 g/mol. The fourth-order valence-electron chi connectivity index (χ4n) is 3.07. The van der Waals surface area contributed by atoms with E-state index in [1.807, 2.05) is 24.2 Å². The Morgan fingerprint density at radius 3 is 3.17 bits per heavy atom. The summed E-state index contributed by atoms with van der Waals surface area (Å²) in [4.78, 5) is 18.5. The number of nitrogens with zero attached hydrogens (tertiary/aromatic N) is 2. The number of fused-ring (bicyclic) bond motifs is 1. The van der Waals surface area contributed by atoms with Gasteiger partial charge in [0.2, 0.25) is 5.91 Å². The molecule has 4 heteroatoms. The summed E-state index contributed by atoms with van der Waals surface area (Å²) in [5.41, 5.74) is 2.27. The summed E-state index contributed by atoms with van der Waals surface area (Å²) in [5, 5.41) is 3.46. The van der Waals surface area contributed by atoms with Crippen LogP contribution in [-0.4, -0.2) is 34.9 Å². The summed E-state index contributed by atoms with van der Waals surface area (Å²) in [5.74, 6) is 0.519. The summed E-state index contributed by atoms with van der Waals surface area (Å²) in [6.07, 6.45) is 5.86. The van der Waals surface area contributed by atoms with Gasteiger partial charge in [-0.05, 0) is 37.4 Å². The Bertz CT molecular complexity index is 460. The Hall–Kier alpha value is -1.42. The van der Waals surface area contributed by atoms with Crippen LogP contribution in [0.4, 0.5) is 0 Å². The first kappa shape index (κ1) is 11.7. The smallest absolute Gasteiger partial charge is 0.227 e. The first-order chi connectivity index (χ1) is 8.74. The van der Waals surface area contributed by atoms with E-state index >= 15 is 0 Å². The third-order valence-electron chi connectivity index (χ3n) is 3.94. The Kier molecular flexibility index (Phi) is 3.04. The van der Waals surface area contributed by atoms with Crippen molar-refractivity contribution in [3.8, 4) is 0 Å². The van der Waals surface area contributed by atoms with Gasteiger partial charge in [-0.2, -0.15) is 0 Å². The Balaban J connectivity index is 1.72. The molecule has 2 fully saturated rings. The van der Waals surface area contributed by atoms with Crippen molar-refractivity contribution < 1.29 is 4.79 Å². The van der Waals surface area contributed by atoms with Crippen LogP contribution in [0.15, 0.2) is 18.5 Å². The normalized spacial score (nSPS) is 27.4. The molecule has 2 aliphatic rings. The highest BCUT2D eigenvalue weighted by Crippen LogP contribution is 2.27. The van der Waals surface area contributed by atoms with Crippen LogP contribution < -0.4 is 5.32 Å². The van der Waals surface area contributed by atoms with Gasteiger partial charge in [0.15, 0.2) is 0 Å². The number of aromatic nitrogens is 1. The minimum Gasteiger partial charge on any atom is -0.336 e. The average molecular weight is 245 g/mol. The van der Waals surface area contributed by atoms with Gasteiger partial charge < -0.3 is 10.2 Å². The third kappa shape index (κ3) is 2.12. The number of hydrogen-bond acceptors (Lipinski definition) is 3. The van der Waals surface area contributed by atoms with Gasteiger partial charge in [-0.15, -0.1) is 0 Å². The molecule has 3 heterocycles. The van der Waals surface area contributed by atoms with E-state index in [9.17, 15) is 4.79 Å². The van der Waals surface area contributed by atoms with E-state index in [0.717, 1.165) is 37.1 Å². The van der Waals surface area contributed by atoms with E-state index < -0.39 is 0 Å². The number of piperidine rings is 1. The predicted octanol–water partition coefficient (Wildman–Crippen LogP) is 1.10. The van der Waals surface area contributed by atoms with Crippen molar-refractivity contribution in [2.24, 2.45) is 5.92 Å². The van der Waals surface area contributed by atoms with Gasteiger partial charge >= 0.3 is 0 Å². The van der Waals surface area contributed by atoms with Crippen LogP contribution >= 0.6 is 0 Å². The first-order valence-electron chi connectivity index (χ1n) is 6.67. The van der Waals surface area contributed by atoms with Crippen LogP contribution in [0.25, 0.3) is 0 Å². The molecule has 4 nitrogen and oxygen atoms in total. The van der Waals surface area contributed by atoms with Crippen molar-refractivity contribution in [3.05, 3.63) is 29.6 Å². The number of carbonyl (C=O) groups excluding carboxylic acids is 1. The summed E-state index contributed by atoms with van der Waals surface area (Å²) in [6, 6.07) is 2.47. The van der Waals surface area contributed by atoms with Gasteiger partial charge in [-0.25, -0.2) is 0 Å². The molecule has 2 unspecified atom stereocenters. The van der Waals surface area contributed by atoms with Crippen LogP contribution in [0, 0.1) is 12.8 Å². The first-order valence-corrected chi connectivity index (χ1v) is 6.67. The van der Waals surface area contributed by atoms with Gasteiger partial charge in [0.1, 0.15) is 0 Å². The Morgan fingerprint density at radius 1 is 1.50 bits per heavy atom. The lowest BCUT2D eigenvalue weighted by molar-refractivity contribution is -0.131. The number of amides is 1. The number of aryl methyl sites for hydroxylation is 1. The molecule has 0 bridgehead atoms. The highest BCUT2D eigenvalue weighted by molar-refractivity contribution is 5.82. The summed E-state index contributed by atoms with van der Waals surface area (Å²) < 4.78 is 0. The number of carbonyl (C=O) groups is 1. The minimum absolute atomic E-state index is 0.205. The highest BCUT2D eigenvalue weighted by atomic mass is 16.2. The second-order valence-electron chi connectivity index (χ2n) is 5.40. The molecule has 2 atom stereocenters. The van der Waals surface area contributed by atoms with Gasteiger partial charge in [-0.1, -0.05) is 6.07 Å². The Labute approximate surface area is 107 Å². The lowest BCUT2D eigenvalue weighted by Crippen LogP contribution is -2.41. The van der Waals surface area contributed by atoms with Crippen LogP contribution in [0.5, 0.6) is 0 Å². The Morgan fingerprint density at radius 2 is 2.39 bits per heavy atom. The van der Waals surface area contributed by atoms with Crippen LogP contribution in [0.3, 0.4) is 0 Å². The van der Waals surface area contributed by atoms with Crippen molar-refractivity contribution in [1.82, 2.24) is 15.2 Å². The van der Waals surface area contributed by atoms with E-state index in [-0.39, 0.29) is 5.92 Å².